The van der Waals surface area contributed by atoms with Gasteiger partial charge in [0.2, 0.25) is 5.91 Å². The molecule has 0 fully saturated rings. The van der Waals surface area contributed by atoms with Gasteiger partial charge in [0.15, 0.2) is 0 Å². The lowest BCUT2D eigenvalue weighted by Crippen LogP contribution is -2.27. The lowest BCUT2D eigenvalue weighted by molar-refractivity contribution is -0.130. The molecular formula is C12H18N2O2. The van der Waals surface area contributed by atoms with Crippen molar-refractivity contribution in [3.63, 3.8) is 0 Å². The van der Waals surface area contributed by atoms with Crippen molar-refractivity contribution in [1.82, 2.24) is 4.90 Å². The van der Waals surface area contributed by atoms with E-state index < -0.39 is 0 Å². The van der Waals surface area contributed by atoms with Gasteiger partial charge in [0.25, 0.3) is 0 Å². The predicted octanol–water partition coefficient (Wildman–Crippen LogP) is 1.00. The summed E-state index contributed by atoms with van der Waals surface area (Å²) in [5, 5.41) is 0. The first-order chi connectivity index (χ1) is 7.67. The normalized spacial score (nSPS) is 9.94. The van der Waals surface area contributed by atoms with E-state index in [1.807, 2.05) is 24.3 Å². The van der Waals surface area contributed by atoms with E-state index in [-0.39, 0.29) is 5.91 Å². The minimum absolute atomic E-state index is 0.0679. The molecule has 0 saturated carbocycles. The Morgan fingerprint density at radius 1 is 1.38 bits per heavy atom. The monoisotopic (exact) mass is 222 g/mol. The molecule has 1 amide bonds. The van der Waals surface area contributed by atoms with Crippen molar-refractivity contribution in [1.29, 1.82) is 0 Å². The maximum absolute atomic E-state index is 11.5. The Morgan fingerprint density at radius 2 is 2.00 bits per heavy atom. The number of carbonyl (C=O) groups is 1. The van der Waals surface area contributed by atoms with E-state index in [0.717, 1.165) is 11.3 Å². The molecule has 1 aromatic rings. The molecule has 1 aromatic carbocycles. The van der Waals surface area contributed by atoms with Crippen LogP contribution in [0.15, 0.2) is 24.3 Å². The lowest BCUT2D eigenvalue weighted by atomic mass is 10.2. The highest BCUT2D eigenvalue weighted by molar-refractivity contribution is 5.76. The molecule has 4 nitrogen and oxygen atoms in total. The van der Waals surface area contributed by atoms with Crippen molar-refractivity contribution in [2.24, 2.45) is 5.73 Å². The van der Waals surface area contributed by atoms with E-state index in [0.29, 0.717) is 19.5 Å². The number of nitrogens with two attached hydrogens (primary N) is 1. The number of nitrogens with zero attached hydrogens (tertiary/aromatic N) is 1. The zero-order valence-electron chi connectivity index (χ0n) is 9.77. The molecule has 16 heavy (non-hydrogen) atoms. The number of rotatable bonds is 5. The molecule has 0 radical (unpaired) electrons. The SMILES string of the molecule is COc1ccc(CN(C)C(=O)CCN)cc1. The van der Waals surface area contributed by atoms with Crippen molar-refractivity contribution >= 4 is 5.91 Å². The van der Waals surface area contributed by atoms with Gasteiger partial charge in [-0.15, -0.1) is 0 Å². The van der Waals surface area contributed by atoms with Crippen LogP contribution in [0.5, 0.6) is 5.75 Å². The summed E-state index contributed by atoms with van der Waals surface area (Å²) in [6.07, 6.45) is 0.395. The molecule has 2 N–H and O–H groups in total. The van der Waals surface area contributed by atoms with Crippen molar-refractivity contribution in [3.05, 3.63) is 29.8 Å². The molecule has 0 aromatic heterocycles. The van der Waals surface area contributed by atoms with Gasteiger partial charge in [-0.05, 0) is 17.7 Å². The quantitative estimate of drug-likeness (QED) is 0.808. The number of hydrogen-bond donors (Lipinski definition) is 1. The van der Waals surface area contributed by atoms with Crippen LogP contribution in [-0.2, 0) is 11.3 Å². The van der Waals surface area contributed by atoms with Crippen LogP contribution in [0.1, 0.15) is 12.0 Å². The van der Waals surface area contributed by atoms with Gasteiger partial charge in [-0.25, -0.2) is 0 Å². The average Bonchev–Trinajstić information content (AvgIpc) is 2.30. The Hall–Kier alpha value is -1.55. The van der Waals surface area contributed by atoms with E-state index in [1.165, 1.54) is 0 Å². The molecule has 1 rings (SSSR count). The number of hydrogen-bond acceptors (Lipinski definition) is 3. The third-order valence-corrected chi connectivity index (χ3v) is 2.36. The summed E-state index contributed by atoms with van der Waals surface area (Å²) in [7, 11) is 3.41. The second-order valence-corrected chi connectivity index (χ2v) is 3.64. The Kier molecular flexibility index (Phi) is 4.79. The largest absolute Gasteiger partial charge is 0.497 e. The fraction of sp³-hybridized carbons (Fsp3) is 0.417. The van der Waals surface area contributed by atoms with Crippen LogP contribution in [0.25, 0.3) is 0 Å². The Balaban J connectivity index is 2.55. The van der Waals surface area contributed by atoms with Gasteiger partial charge in [0, 0.05) is 26.6 Å². The van der Waals surface area contributed by atoms with E-state index in [4.69, 9.17) is 10.5 Å². The predicted molar refractivity (Wildman–Crippen MR) is 63.1 cm³/mol. The van der Waals surface area contributed by atoms with Crippen LogP contribution >= 0.6 is 0 Å². The molecule has 0 saturated heterocycles. The molecule has 0 heterocycles. The van der Waals surface area contributed by atoms with Crippen molar-refractivity contribution in [2.75, 3.05) is 20.7 Å². The lowest BCUT2D eigenvalue weighted by Gasteiger charge is -2.16. The second kappa shape index (κ2) is 6.12. The average molecular weight is 222 g/mol. The molecule has 0 aliphatic heterocycles. The summed E-state index contributed by atoms with van der Waals surface area (Å²) in [4.78, 5) is 13.2. The first kappa shape index (κ1) is 12.5. The van der Waals surface area contributed by atoms with Crippen LogP contribution in [0.4, 0.5) is 0 Å². The number of ether oxygens (including phenoxy) is 1. The van der Waals surface area contributed by atoms with Gasteiger partial charge in [-0.3, -0.25) is 4.79 Å². The van der Waals surface area contributed by atoms with Crippen LogP contribution in [0, 0.1) is 0 Å². The van der Waals surface area contributed by atoms with E-state index in [1.54, 1.807) is 19.1 Å². The first-order valence-corrected chi connectivity index (χ1v) is 5.24. The zero-order valence-corrected chi connectivity index (χ0v) is 9.77. The maximum atomic E-state index is 11.5. The van der Waals surface area contributed by atoms with Crippen LogP contribution in [0.3, 0.4) is 0 Å². The third kappa shape index (κ3) is 3.55. The molecule has 0 unspecified atom stereocenters. The minimum Gasteiger partial charge on any atom is -0.497 e. The summed E-state index contributed by atoms with van der Waals surface area (Å²) in [5.41, 5.74) is 6.41. The van der Waals surface area contributed by atoms with Gasteiger partial charge in [0.05, 0.1) is 7.11 Å². The summed E-state index contributed by atoms with van der Waals surface area (Å²) in [6.45, 7) is 0.995. The fourth-order valence-corrected chi connectivity index (χ4v) is 1.41. The van der Waals surface area contributed by atoms with Crippen molar-refractivity contribution in [2.45, 2.75) is 13.0 Å². The maximum Gasteiger partial charge on any atom is 0.223 e. The molecule has 0 atom stereocenters. The summed E-state index contributed by atoms with van der Waals surface area (Å²) in [5.74, 6) is 0.887. The highest BCUT2D eigenvalue weighted by Crippen LogP contribution is 2.12. The molecular weight excluding hydrogens is 204 g/mol. The van der Waals surface area contributed by atoms with Gasteiger partial charge >= 0.3 is 0 Å². The first-order valence-electron chi connectivity index (χ1n) is 5.24. The van der Waals surface area contributed by atoms with Gasteiger partial charge < -0.3 is 15.4 Å². The number of amides is 1. The van der Waals surface area contributed by atoms with Crippen molar-refractivity contribution in [3.8, 4) is 5.75 Å². The Morgan fingerprint density at radius 3 is 2.50 bits per heavy atom. The number of methoxy groups -OCH3 is 1. The number of benzene rings is 1. The van der Waals surface area contributed by atoms with Gasteiger partial charge in [0.1, 0.15) is 5.75 Å². The molecule has 0 spiro atoms. The Labute approximate surface area is 96.0 Å². The third-order valence-electron chi connectivity index (χ3n) is 2.36. The molecule has 0 aliphatic rings. The smallest absolute Gasteiger partial charge is 0.223 e. The molecule has 0 aliphatic carbocycles. The van der Waals surface area contributed by atoms with E-state index in [2.05, 4.69) is 0 Å². The van der Waals surface area contributed by atoms with Crippen LogP contribution in [-0.4, -0.2) is 31.5 Å². The second-order valence-electron chi connectivity index (χ2n) is 3.64. The fourth-order valence-electron chi connectivity index (χ4n) is 1.41. The Bertz CT molecular complexity index is 335. The summed E-state index contributed by atoms with van der Waals surface area (Å²) < 4.78 is 5.06. The van der Waals surface area contributed by atoms with E-state index >= 15 is 0 Å². The minimum atomic E-state index is 0.0679. The summed E-state index contributed by atoms with van der Waals surface area (Å²) in [6, 6.07) is 7.67. The van der Waals surface area contributed by atoms with E-state index in [9.17, 15) is 4.79 Å². The number of carbonyl (C=O) groups excluding carboxylic acids is 1. The highest BCUT2D eigenvalue weighted by Gasteiger charge is 2.07. The molecule has 4 heteroatoms. The van der Waals surface area contributed by atoms with Crippen molar-refractivity contribution < 1.29 is 9.53 Å². The molecule has 88 valence electrons. The summed E-state index contributed by atoms with van der Waals surface area (Å²) >= 11 is 0. The molecule has 0 bridgehead atoms. The van der Waals surface area contributed by atoms with Gasteiger partial charge in [-0.2, -0.15) is 0 Å². The highest BCUT2D eigenvalue weighted by atomic mass is 16.5. The van der Waals surface area contributed by atoms with Crippen LogP contribution < -0.4 is 10.5 Å². The topological polar surface area (TPSA) is 55.6 Å². The zero-order chi connectivity index (χ0) is 12.0. The standard InChI is InChI=1S/C12H18N2O2/c1-14(12(15)7-8-13)9-10-3-5-11(16-2)6-4-10/h3-6H,7-9,13H2,1-2H3. The van der Waals surface area contributed by atoms with Crippen LogP contribution in [0.2, 0.25) is 0 Å². The van der Waals surface area contributed by atoms with Gasteiger partial charge in [-0.1, -0.05) is 12.1 Å².